The highest BCUT2D eigenvalue weighted by Gasteiger charge is 2.25. The average molecular weight is 287 g/mol. The SMILES string of the molecule is O=C(NC1CCS(=O)(=O)CC1)c1ccc(F)cc1O. The second-order valence-electron chi connectivity index (χ2n) is 4.56. The number of rotatable bonds is 2. The van der Waals surface area contributed by atoms with Crippen LogP contribution in [0.4, 0.5) is 4.39 Å². The fraction of sp³-hybridized carbons (Fsp3) is 0.417. The monoisotopic (exact) mass is 287 g/mol. The minimum atomic E-state index is -2.98. The standard InChI is InChI=1S/C12H14FNO4S/c13-8-1-2-10(11(15)7-8)12(16)14-9-3-5-19(17,18)6-4-9/h1-2,7,9,15H,3-6H2,(H,14,16). The first-order valence-electron chi connectivity index (χ1n) is 5.87. The van der Waals surface area contributed by atoms with Crippen molar-refractivity contribution in [2.75, 3.05) is 11.5 Å². The van der Waals surface area contributed by atoms with Crippen molar-refractivity contribution in [1.82, 2.24) is 5.32 Å². The Bertz CT molecular complexity index is 586. The Morgan fingerprint density at radius 2 is 1.95 bits per heavy atom. The topological polar surface area (TPSA) is 83.5 Å². The number of amides is 1. The third-order valence-corrected chi connectivity index (χ3v) is 4.81. The summed E-state index contributed by atoms with van der Waals surface area (Å²) in [6, 6.07) is 2.90. The second kappa shape index (κ2) is 5.16. The molecular formula is C12H14FNO4S. The van der Waals surface area contributed by atoms with Crippen LogP contribution in [-0.4, -0.2) is 37.0 Å². The van der Waals surface area contributed by atoms with Crippen LogP contribution in [0.5, 0.6) is 5.75 Å². The molecule has 0 spiro atoms. The summed E-state index contributed by atoms with van der Waals surface area (Å²) in [5.41, 5.74) is -0.0187. The molecule has 5 nitrogen and oxygen atoms in total. The molecule has 0 aliphatic carbocycles. The van der Waals surface area contributed by atoms with Gasteiger partial charge in [-0.25, -0.2) is 12.8 Å². The van der Waals surface area contributed by atoms with Crippen LogP contribution in [0.2, 0.25) is 0 Å². The zero-order valence-corrected chi connectivity index (χ0v) is 10.9. The maximum absolute atomic E-state index is 12.8. The molecule has 2 rings (SSSR count). The lowest BCUT2D eigenvalue weighted by atomic mass is 10.1. The smallest absolute Gasteiger partial charge is 0.255 e. The minimum absolute atomic E-state index is 0.0187. The van der Waals surface area contributed by atoms with Crippen LogP contribution in [0.3, 0.4) is 0 Å². The number of carbonyl (C=O) groups excluding carboxylic acids is 1. The van der Waals surface area contributed by atoms with Gasteiger partial charge >= 0.3 is 0 Å². The van der Waals surface area contributed by atoms with Gasteiger partial charge in [0, 0.05) is 12.1 Å². The highest BCUT2D eigenvalue weighted by Crippen LogP contribution is 2.19. The maximum atomic E-state index is 12.8. The third kappa shape index (κ3) is 3.44. The van der Waals surface area contributed by atoms with E-state index >= 15 is 0 Å². The Labute approximate surface area is 110 Å². The number of halogens is 1. The normalized spacial score (nSPS) is 19.0. The summed E-state index contributed by atoms with van der Waals surface area (Å²) in [5, 5.41) is 12.1. The van der Waals surface area contributed by atoms with Gasteiger partial charge in [-0.15, -0.1) is 0 Å². The predicted molar refractivity (Wildman–Crippen MR) is 67.2 cm³/mol. The molecule has 0 bridgehead atoms. The maximum Gasteiger partial charge on any atom is 0.255 e. The molecule has 1 saturated heterocycles. The summed E-state index contributed by atoms with van der Waals surface area (Å²) >= 11 is 0. The first-order valence-corrected chi connectivity index (χ1v) is 7.69. The fourth-order valence-electron chi connectivity index (χ4n) is 1.99. The summed E-state index contributed by atoms with van der Waals surface area (Å²) in [6.45, 7) is 0. The first-order chi connectivity index (χ1) is 8.87. The second-order valence-corrected chi connectivity index (χ2v) is 6.86. The van der Waals surface area contributed by atoms with Gasteiger partial charge in [0.25, 0.3) is 5.91 Å². The molecule has 1 heterocycles. The van der Waals surface area contributed by atoms with Crippen molar-refractivity contribution in [2.24, 2.45) is 0 Å². The summed E-state index contributed by atoms with van der Waals surface area (Å²) in [7, 11) is -2.98. The van der Waals surface area contributed by atoms with Gasteiger partial charge in [0.05, 0.1) is 17.1 Å². The number of sulfone groups is 1. The Kier molecular flexibility index (Phi) is 3.75. The largest absolute Gasteiger partial charge is 0.507 e. The summed E-state index contributed by atoms with van der Waals surface area (Å²) in [5.74, 6) is -1.48. The number of nitrogens with one attached hydrogen (secondary N) is 1. The van der Waals surface area contributed by atoms with E-state index in [-0.39, 0.29) is 23.1 Å². The van der Waals surface area contributed by atoms with Gasteiger partial charge < -0.3 is 10.4 Å². The van der Waals surface area contributed by atoms with Crippen molar-refractivity contribution in [2.45, 2.75) is 18.9 Å². The van der Waals surface area contributed by atoms with Crippen molar-refractivity contribution < 1.29 is 22.7 Å². The number of phenols is 1. The van der Waals surface area contributed by atoms with E-state index in [1.807, 2.05) is 0 Å². The number of aromatic hydroxyl groups is 1. The van der Waals surface area contributed by atoms with Crippen molar-refractivity contribution in [3.63, 3.8) is 0 Å². The zero-order valence-electron chi connectivity index (χ0n) is 10.1. The van der Waals surface area contributed by atoms with Gasteiger partial charge in [0.15, 0.2) is 0 Å². The van der Waals surface area contributed by atoms with Crippen molar-refractivity contribution in [3.05, 3.63) is 29.6 Å². The Morgan fingerprint density at radius 3 is 2.53 bits per heavy atom. The molecule has 0 radical (unpaired) electrons. The first kappa shape index (κ1) is 13.8. The zero-order chi connectivity index (χ0) is 14.0. The van der Waals surface area contributed by atoms with Crippen LogP contribution in [-0.2, 0) is 9.84 Å². The molecule has 1 fully saturated rings. The quantitative estimate of drug-likeness (QED) is 0.844. The van der Waals surface area contributed by atoms with Crippen molar-refractivity contribution >= 4 is 15.7 Å². The number of hydrogen-bond donors (Lipinski definition) is 2. The molecule has 1 aromatic rings. The number of carbonyl (C=O) groups is 1. The van der Waals surface area contributed by atoms with E-state index in [1.54, 1.807) is 0 Å². The van der Waals surface area contributed by atoms with Gasteiger partial charge in [0.2, 0.25) is 0 Å². The summed E-state index contributed by atoms with van der Waals surface area (Å²) in [6.07, 6.45) is 0.714. The number of hydrogen-bond acceptors (Lipinski definition) is 4. The van der Waals surface area contributed by atoms with Crippen LogP contribution in [0.25, 0.3) is 0 Å². The molecule has 0 atom stereocenters. The third-order valence-electron chi connectivity index (χ3n) is 3.09. The van der Waals surface area contributed by atoms with Gasteiger partial charge in [-0.3, -0.25) is 4.79 Å². The molecule has 104 valence electrons. The molecule has 1 aliphatic heterocycles. The van der Waals surface area contributed by atoms with Crippen LogP contribution < -0.4 is 5.32 Å². The Balaban J connectivity index is 2.02. The Hall–Kier alpha value is -1.63. The summed E-state index contributed by atoms with van der Waals surface area (Å²) in [4.78, 5) is 11.9. The lowest BCUT2D eigenvalue weighted by Gasteiger charge is -2.23. The molecule has 0 aromatic heterocycles. The van der Waals surface area contributed by atoms with E-state index in [1.165, 1.54) is 6.07 Å². The molecule has 1 aliphatic rings. The van der Waals surface area contributed by atoms with Crippen molar-refractivity contribution in [3.8, 4) is 5.75 Å². The molecular weight excluding hydrogens is 273 g/mol. The summed E-state index contributed by atoms with van der Waals surface area (Å²) < 4.78 is 35.3. The van der Waals surface area contributed by atoms with Crippen LogP contribution >= 0.6 is 0 Å². The number of benzene rings is 1. The van der Waals surface area contributed by atoms with E-state index < -0.39 is 27.3 Å². The average Bonchev–Trinajstić information content (AvgIpc) is 2.31. The van der Waals surface area contributed by atoms with Gasteiger partial charge in [0.1, 0.15) is 21.4 Å². The highest BCUT2D eigenvalue weighted by molar-refractivity contribution is 7.91. The van der Waals surface area contributed by atoms with Gasteiger partial charge in [-0.05, 0) is 25.0 Å². The Morgan fingerprint density at radius 1 is 1.32 bits per heavy atom. The molecule has 0 saturated carbocycles. The molecule has 0 unspecified atom stereocenters. The van der Waals surface area contributed by atoms with E-state index in [0.717, 1.165) is 12.1 Å². The predicted octanol–water partition coefficient (Wildman–Crippen LogP) is 0.838. The van der Waals surface area contributed by atoms with E-state index in [9.17, 15) is 22.7 Å². The van der Waals surface area contributed by atoms with Gasteiger partial charge in [-0.1, -0.05) is 0 Å². The molecule has 19 heavy (non-hydrogen) atoms. The molecule has 2 N–H and O–H groups in total. The van der Waals surface area contributed by atoms with Crippen LogP contribution in [0, 0.1) is 5.82 Å². The van der Waals surface area contributed by atoms with Crippen LogP contribution in [0.15, 0.2) is 18.2 Å². The molecule has 1 amide bonds. The van der Waals surface area contributed by atoms with E-state index in [0.29, 0.717) is 12.8 Å². The van der Waals surface area contributed by atoms with Gasteiger partial charge in [-0.2, -0.15) is 0 Å². The minimum Gasteiger partial charge on any atom is -0.507 e. The lowest BCUT2D eigenvalue weighted by molar-refractivity contribution is 0.0931. The lowest BCUT2D eigenvalue weighted by Crippen LogP contribution is -2.40. The number of phenolic OH excluding ortho intramolecular Hbond substituents is 1. The fourth-order valence-corrected chi connectivity index (χ4v) is 3.49. The van der Waals surface area contributed by atoms with Crippen molar-refractivity contribution in [1.29, 1.82) is 0 Å². The van der Waals surface area contributed by atoms with Crippen LogP contribution in [0.1, 0.15) is 23.2 Å². The highest BCUT2D eigenvalue weighted by atomic mass is 32.2. The molecule has 7 heteroatoms. The van der Waals surface area contributed by atoms with E-state index in [2.05, 4.69) is 5.32 Å². The molecule has 1 aromatic carbocycles. The van der Waals surface area contributed by atoms with E-state index in [4.69, 9.17) is 0 Å².